The van der Waals surface area contributed by atoms with Crippen LogP contribution in [0.2, 0.25) is 0 Å². The van der Waals surface area contributed by atoms with E-state index in [1.165, 1.54) is 0 Å². The van der Waals surface area contributed by atoms with Gasteiger partial charge in [-0.15, -0.1) is 0 Å². The Morgan fingerprint density at radius 3 is 1.82 bits per heavy atom. The van der Waals surface area contributed by atoms with Crippen molar-refractivity contribution in [3.8, 4) is 0 Å². The Kier molecular flexibility index (Phi) is 13.6. The third-order valence-electron chi connectivity index (χ3n) is 1.39. The summed E-state index contributed by atoms with van der Waals surface area (Å²) < 4.78 is 0. The van der Waals surface area contributed by atoms with Gasteiger partial charge < -0.3 is 26.3 Å². The van der Waals surface area contributed by atoms with E-state index >= 15 is 0 Å². The van der Waals surface area contributed by atoms with Crippen LogP contribution in [-0.2, 0) is 9.59 Å². The molecule has 0 aromatic carbocycles. The summed E-state index contributed by atoms with van der Waals surface area (Å²) in [5, 5.41) is 32.8. The van der Waals surface area contributed by atoms with Crippen LogP contribution in [0.4, 0.5) is 0 Å². The van der Waals surface area contributed by atoms with Crippen molar-refractivity contribution >= 4 is 11.9 Å². The molecular weight excluding hydrogens is 234 g/mol. The number of aliphatic hydroxyl groups is 1. The van der Waals surface area contributed by atoms with E-state index < -0.39 is 11.9 Å². The number of carboxylic acid groups (broad SMARTS) is 2. The number of carbonyl (C=O) groups is 2. The largest absolute Gasteiger partial charge is 0.480 e. The highest BCUT2D eigenvalue weighted by Crippen LogP contribution is 1.86. The van der Waals surface area contributed by atoms with Crippen molar-refractivity contribution in [3.63, 3.8) is 0 Å². The molecule has 0 bridgehead atoms. The third-order valence-corrected chi connectivity index (χ3v) is 1.39. The van der Waals surface area contributed by atoms with Gasteiger partial charge in [0.25, 0.3) is 0 Å². The van der Waals surface area contributed by atoms with Crippen LogP contribution in [0.3, 0.4) is 0 Å². The first kappa shape index (κ1) is 18.1. The highest BCUT2D eigenvalue weighted by Gasteiger charge is 2.11. The lowest BCUT2D eigenvalue weighted by molar-refractivity contribution is -0.141. The van der Waals surface area contributed by atoms with Gasteiger partial charge in [-0.2, -0.15) is 0 Å². The smallest absolute Gasteiger partial charge is 0.317 e. The predicted octanol–water partition coefficient (Wildman–Crippen LogP) is -2.63. The monoisotopic (exact) mass is 253 g/mol. The summed E-state index contributed by atoms with van der Waals surface area (Å²) in [6.07, 6.45) is 0. The van der Waals surface area contributed by atoms with E-state index in [0.29, 0.717) is 13.1 Å². The van der Waals surface area contributed by atoms with Gasteiger partial charge in [0.05, 0.1) is 19.7 Å². The predicted molar refractivity (Wildman–Crippen MR) is 57.6 cm³/mol. The van der Waals surface area contributed by atoms with E-state index in [0.717, 1.165) is 4.90 Å². The molecule has 0 radical (unpaired) electrons. The molecule has 102 valence electrons. The zero-order chi connectivity index (χ0) is 13.7. The number of nitrogens with two attached hydrogens (primary N) is 1. The number of aliphatic hydroxyl groups excluding tert-OH is 1. The van der Waals surface area contributed by atoms with E-state index in [1.54, 1.807) is 0 Å². The normalized spacial score (nSPS) is 9.65. The first-order valence-electron chi connectivity index (χ1n) is 4.81. The molecule has 0 heterocycles. The Morgan fingerprint density at radius 1 is 1.18 bits per heavy atom. The summed E-state index contributed by atoms with van der Waals surface area (Å²) in [5.41, 5.74) is 6.81. The van der Waals surface area contributed by atoms with Crippen LogP contribution in [0.1, 0.15) is 0 Å². The number of nitrogens with zero attached hydrogens (tertiary/aromatic N) is 1. The second-order valence-electron chi connectivity index (χ2n) is 2.92. The summed E-state index contributed by atoms with van der Waals surface area (Å²) in [7, 11) is 0. The van der Waals surface area contributed by atoms with Crippen molar-refractivity contribution in [2.45, 2.75) is 0 Å². The molecule has 0 amide bonds. The van der Waals surface area contributed by atoms with Crippen LogP contribution in [0.25, 0.3) is 0 Å². The molecule has 0 saturated heterocycles. The van der Waals surface area contributed by atoms with Crippen molar-refractivity contribution in [3.05, 3.63) is 0 Å². The number of hydrogen-bond acceptors (Lipinski definition) is 7. The molecular formula is C8H19N3O6. The maximum Gasteiger partial charge on any atom is 0.317 e. The maximum atomic E-state index is 10.1. The second kappa shape index (κ2) is 12.8. The first-order chi connectivity index (χ1) is 7.97. The fourth-order valence-corrected chi connectivity index (χ4v) is 0.803. The van der Waals surface area contributed by atoms with Gasteiger partial charge in [0.2, 0.25) is 0 Å². The second-order valence-corrected chi connectivity index (χ2v) is 2.92. The topological polar surface area (TPSA) is 156 Å². The lowest BCUT2D eigenvalue weighted by atomic mass is 10.4. The van der Waals surface area contributed by atoms with E-state index in [9.17, 15) is 9.59 Å². The summed E-state index contributed by atoms with van der Waals surface area (Å²) in [6, 6.07) is 0. The summed E-state index contributed by atoms with van der Waals surface area (Å²) in [6.45, 7) is 0.0232. The zero-order valence-corrected chi connectivity index (χ0v) is 9.37. The summed E-state index contributed by atoms with van der Waals surface area (Å²) >= 11 is 0. The minimum Gasteiger partial charge on any atom is -0.480 e. The highest BCUT2D eigenvalue weighted by molar-refractivity contribution is 5.72. The van der Waals surface area contributed by atoms with Gasteiger partial charge in [-0.05, 0) is 0 Å². The van der Waals surface area contributed by atoms with Crippen LogP contribution in [-0.4, -0.2) is 76.7 Å². The lowest BCUT2D eigenvalue weighted by Crippen LogP contribution is -2.36. The van der Waals surface area contributed by atoms with Gasteiger partial charge >= 0.3 is 11.9 Å². The molecule has 0 aliphatic heterocycles. The molecule has 0 aromatic rings. The molecule has 0 rings (SSSR count). The SMILES string of the molecule is NCCNO.O=C(O)CN(CCO)CC(=O)O. The molecule has 9 nitrogen and oxygen atoms in total. The number of aliphatic carboxylic acids is 2. The first-order valence-corrected chi connectivity index (χ1v) is 4.81. The highest BCUT2D eigenvalue weighted by atomic mass is 16.5. The van der Waals surface area contributed by atoms with Crippen molar-refractivity contribution in [2.75, 3.05) is 39.3 Å². The Labute approximate surface area is 98.4 Å². The Bertz CT molecular complexity index is 195. The standard InChI is InChI=1S/C6H11NO5.C2H8N2O/c8-2-1-7(3-5(9)10)4-6(11)12;3-1-2-4-5/h8H,1-4H2,(H,9,10)(H,11,12);4-5H,1-3H2. The molecule has 7 N–H and O–H groups in total. The zero-order valence-electron chi connectivity index (χ0n) is 9.37. The average Bonchev–Trinajstić information content (AvgIpc) is 2.18. The summed E-state index contributed by atoms with van der Waals surface area (Å²) in [5.74, 6) is -2.21. The molecule has 0 aliphatic rings. The van der Waals surface area contributed by atoms with Crippen LogP contribution in [0.5, 0.6) is 0 Å². The van der Waals surface area contributed by atoms with Crippen molar-refractivity contribution < 1.29 is 30.1 Å². The number of hydroxylamine groups is 1. The van der Waals surface area contributed by atoms with Crippen LogP contribution in [0.15, 0.2) is 0 Å². The number of nitrogens with one attached hydrogen (secondary N) is 1. The van der Waals surface area contributed by atoms with Gasteiger partial charge in [0, 0.05) is 19.6 Å². The quantitative estimate of drug-likeness (QED) is 0.255. The van der Waals surface area contributed by atoms with Gasteiger partial charge in [-0.25, -0.2) is 5.48 Å². The Hall–Kier alpha value is -1.26. The summed E-state index contributed by atoms with van der Waals surface area (Å²) in [4.78, 5) is 21.4. The van der Waals surface area contributed by atoms with E-state index in [4.69, 9.17) is 26.3 Å². The van der Waals surface area contributed by atoms with E-state index in [-0.39, 0.29) is 26.2 Å². The third kappa shape index (κ3) is 17.4. The number of rotatable bonds is 8. The van der Waals surface area contributed by atoms with Gasteiger partial charge in [-0.1, -0.05) is 0 Å². The maximum absolute atomic E-state index is 10.1. The Balaban J connectivity index is 0. The van der Waals surface area contributed by atoms with Crippen molar-refractivity contribution in [1.29, 1.82) is 0 Å². The van der Waals surface area contributed by atoms with Crippen LogP contribution >= 0.6 is 0 Å². The molecule has 0 aromatic heterocycles. The van der Waals surface area contributed by atoms with E-state index in [2.05, 4.69) is 0 Å². The fourth-order valence-electron chi connectivity index (χ4n) is 0.803. The number of carboxylic acids is 2. The van der Waals surface area contributed by atoms with Gasteiger partial charge in [-0.3, -0.25) is 14.5 Å². The lowest BCUT2D eigenvalue weighted by Gasteiger charge is -2.15. The van der Waals surface area contributed by atoms with Crippen molar-refractivity contribution in [1.82, 2.24) is 10.4 Å². The van der Waals surface area contributed by atoms with Crippen LogP contribution in [0, 0.1) is 0 Å². The van der Waals surface area contributed by atoms with Gasteiger partial charge in [0.15, 0.2) is 0 Å². The van der Waals surface area contributed by atoms with E-state index in [1.807, 2.05) is 5.48 Å². The number of hydrogen-bond donors (Lipinski definition) is 6. The minimum atomic E-state index is -1.11. The molecule has 17 heavy (non-hydrogen) atoms. The average molecular weight is 253 g/mol. The molecule has 9 heteroatoms. The molecule has 0 atom stereocenters. The molecule has 0 saturated carbocycles. The molecule has 0 aliphatic carbocycles. The Morgan fingerprint density at radius 2 is 1.65 bits per heavy atom. The van der Waals surface area contributed by atoms with Gasteiger partial charge in [0.1, 0.15) is 0 Å². The molecule has 0 unspecified atom stereocenters. The minimum absolute atomic E-state index is 0.0542. The molecule has 0 spiro atoms. The van der Waals surface area contributed by atoms with Crippen molar-refractivity contribution in [2.24, 2.45) is 5.73 Å². The van der Waals surface area contributed by atoms with Crippen LogP contribution < -0.4 is 11.2 Å². The fraction of sp³-hybridized carbons (Fsp3) is 0.750. The molecule has 0 fully saturated rings.